The normalized spacial score (nSPS) is 16.2. The zero-order chi connectivity index (χ0) is 21.1. The Morgan fingerprint density at radius 1 is 0.900 bits per heavy atom. The van der Waals surface area contributed by atoms with E-state index in [9.17, 15) is 14.4 Å². The quantitative estimate of drug-likeness (QED) is 0.787. The highest BCUT2D eigenvalue weighted by Gasteiger charge is 2.26. The van der Waals surface area contributed by atoms with E-state index in [0.717, 1.165) is 12.8 Å². The molecule has 2 aliphatic rings. The van der Waals surface area contributed by atoms with Crippen LogP contribution in [-0.4, -0.2) is 59.9 Å². The first-order chi connectivity index (χ1) is 14.5. The Morgan fingerprint density at radius 3 is 2.23 bits per heavy atom. The second kappa shape index (κ2) is 8.75. The number of nitrogens with one attached hydrogen (secondary N) is 2. The molecule has 156 valence electrons. The number of carbonyl (C=O) groups is 3. The summed E-state index contributed by atoms with van der Waals surface area (Å²) >= 11 is 6.15. The number of hydrogen-bond acceptors (Lipinski definition) is 3. The molecule has 4 amide bonds. The van der Waals surface area contributed by atoms with E-state index >= 15 is 0 Å². The number of hydrogen-bond donors (Lipinski definition) is 2. The first-order valence-electron chi connectivity index (χ1n) is 10.0. The van der Waals surface area contributed by atoms with Gasteiger partial charge in [0.15, 0.2) is 0 Å². The lowest BCUT2D eigenvalue weighted by molar-refractivity contribution is 0.0671. The number of nitrogens with zero attached hydrogens (tertiary/aromatic N) is 2. The lowest BCUT2D eigenvalue weighted by Gasteiger charge is -2.34. The summed E-state index contributed by atoms with van der Waals surface area (Å²) in [6.45, 7) is 1.81. The molecule has 0 atom stereocenters. The molecule has 0 radical (unpaired) electrons. The molecule has 0 unspecified atom stereocenters. The Balaban J connectivity index is 1.33. The molecule has 1 aliphatic carbocycles. The highest BCUT2D eigenvalue weighted by molar-refractivity contribution is 6.34. The van der Waals surface area contributed by atoms with Crippen molar-refractivity contribution in [2.24, 2.45) is 0 Å². The summed E-state index contributed by atoms with van der Waals surface area (Å²) in [5, 5.41) is 6.07. The average molecular weight is 427 g/mol. The summed E-state index contributed by atoms with van der Waals surface area (Å²) < 4.78 is 0. The molecule has 1 saturated heterocycles. The van der Waals surface area contributed by atoms with Crippen molar-refractivity contribution in [2.45, 2.75) is 18.9 Å². The fourth-order valence-corrected chi connectivity index (χ4v) is 3.55. The lowest BCUT2D eigenvalue weighted by atomic mass is 10.1. The van der Waals surface area contributed by atoms with Gasteiger partial charge in [0, 0.05) is 43.5 Å². The number of anilines is 1. The lowest BCUT2D eigenvalue weighted by Crippen LogP contribution is -2.51. The minimum absolute atomic E-state index is 0.0281. The molecule has 0 spiro atoms. The van der Waals surface area contributed by atoms with Crippen LogP contribution in [0.3, 0.4) is 0 Å². The maximum Gasteiger partial charge on any atom is 0.321 e. The van der Waals surface area contributed by atoms with E-state index in [1.807, 2.05) is 18.2 Å². The van der Waals surface area contributed by atoms with Crippen molar-refractivity contribution in [3.05, 3.63) is 64.7 Å². The molecule has 2 fully saturated rings. The number of piperazine rings is 1. The molecule has 7 nitrogen and oxygen atoms in total. The number of halogens is 1. The minimum atomic E-state index is -0.266. The van der Waals surface area contributed by atoms with Gasteiger partial charge in [0.2, 0.25) is 0 Å². The third-order valence-electron chi connectivity index (χ3n) is 5.25. The van der Waals surface area contributed by atoms with Gasteiger partial charge in [-0.1, -0.05) is 29.8 Å². The molecular formula is C22H23ClN4O3. The molecule has 2 aromatic carbocycles. The molecule has 30 heavy (non-hydrogen) atoms. The molecule has 1 heterocycles. The van der Waals surface area contributed by atoms with E-state index in [1.165, 1.54) is 0 Å². The van der Waals surface area contributed by atoms with Crippen LogP contribution in [0, 0.1) is 0 Å². The first kappa shape index (κ1) is 20.2. The molecule has 0 bridgehead atoms. The third-order valence-corrected chi connectivity index (χ3v) is 5.58. The van der Waals surface area contributed by atoms with Crippen LogP contribution in [0.1, 0.15) is 33.6 Å². The fraction of sp³-hybridized carbons (Fsp3) is 0.318. The van der Waals surface area contributed by atoms with Gasteiger partial charge in [-0.25, -0.2) is 4.79 Å². The van der Waals surface area contributed by atoms with Crippen molar-refractivity contribution < 1.29 is 14.4 Å². The van der Waals surface area contributed by atoms with Gasteiger partial charge in [0.05, 0.1) is 10.6 Å². The van der Waals surface area contributed by atoms with Crippen LogP contribution in [0.4, 0.5) is 10.5 Å². The second-order valence-corrected chi connectivity index (χ2v) is 7.92. The van der Waals surface area contributed by atoms with E-state index < -0.39 is 0 Å². The predicted molar refractivity (Wildman–Crippen MR) is 115 cm³/mol. The van der Waals surface area contributed by atoms with Crippen molar-refractivity contribution >= 4 is 35.1 Å². The summed E-state index contributed by atoms with van der Waals surface area (Å²) in [6, 6.07) is 13.9. The summed E-state index contributed by atoms with van der Waals surface area (Å²) in [5.41, 5.74) is 1.50. The highest BCUT2D eigenvalue weighted by atomic mass is 35.5. The van der Waals surface area contributed by atoms with Crippen LogP contribution in [0.25, 0.3) is 0 Å². The molecule has 4 rings (SSSR count). The molecular weight excluding hydrogens is 404 g/mol. The molecule has 1 saturated carbocycles. The van der Waals surface area contributed by atoms with Crippen LogP contribution in [0.15, 0.2) is 48.5 Å². The largest absolute Gasteiger partial charge is 0.349 e. The highest BCUT2D eigenvalue weighted by Crippen LogP contribution is 2.24. The average Bonchev–Trinajstić information content (AvgIpc) is 3.59. The van der Waals surface area contributed by atoms with Crippen LogP contribution in [0.2, 0.25) is 5.02 Å². The predicted octanol–water partition coefficient (Wildman–Crippen LogP) is 3.22. The van der Waals surface area contributed by atoms with Gasteiger partial charge in [-0.15, -0.1) is 0 Å². The van der Waals surface area contributed by atoms with Gasteiger partial charge in [0.1, 0.15) is 0 Å². The summed E-state index contributed by atoms with van der Waals surface area (Å²) in [4.78, 5) is 40.9. The van der Waals surface area contributed by atoms with E-state index in [1.54, 1.807) is 40.1 Å². The van der Waals surface area contributed by atoms with Gasteiger partial charge in [0.25, 0.3) is 11.8 Å². The van der Waals surface area contributed by atoms with Crippen LogP contribution < -0.4 is 10.6 Å². The van der Waals surface area contributed by atoms with Crippen molar-refractivity contribution in [1.82, 2.24) is 15.1 Å². The van der Waals surface area contributed by atoms with E-state index in [4.69, 9.17) is 11.6 Å². The van der Waals surface area contributed by atoms with Crippen LogP contribution in [-0.2, 0) is 0 Å². The van der Waals surface area contributed by atoms with E-state index in [2.05, 4.69) is 10.6 Å². The van der Waals surface area contributed by atoms with Gasteiger partial charge in [-0.3, -0.25) is 9.59 Å². The number of carbonyl (C=O) groups excluding carboxylic acids is 3. The maximum atomic E-state index is 12.6. The van der Waals surface area contributed by atoms with E-state index in [0.29, 0.717) is 48.0 Å². The van der Waals surface area contributed by atoms with Crippen molar-refractivity contribution in [3.8, 4) is 0 Å². The Bertz CT molecular complexity index is 954. The third kappa shape index (κ3) is 4.74. The van der Waals surface area contributed by atoms with Crippen LogP contribution in [0.5, 0.6) is 0 Å². The topological polar surface area (TPSA) is 81.8 Å². The summed E-state index contributed by atoms with van der Waals surface area (Å²) in [6.07, 6.45) is 1.97. The first-order valence-corrected chi connectivity index (χ1v) is 10.4. The van der Waals surface area contributed by atoms with Gasteiger partial charge >= 0.3 is 6.03 Å². The standard InChI is InChI=1S/C22H23ClN4O3/c23-19-9-8-17(14-18(19)20(28)24-16-6-7-16)25-22(30)27-12-10-26(11-13-27)21(29)15-4-2-1-3-5-15/h1-5,8-9,14,16H,6-7,10-13H2,(H,24,28)(H,25,30). The van der Waals surface area contributed by atoms with Crippen molar-refractivity contribution in [1.29, 1.82) is 0 Å². The van der Waals surface area contributed by atoms with Gasteiger partial charge in [-0.05, 0) is 43.2 Å². The van der Waals surface area contributed by atoms with Gasteiger partial charge < -0.3 is 20.4 Å². The SMILES string of the molecule is O=C(NC1CC1)c1cc(NC(=O)N2CCN(C(=O)c3ccccc3)CC2)ccc1Cl. The molecule has 2 N–H and O–H groups in total. The summed E-state index contributed by atoms with van der Waals surface area (Å²) in [5.74, 6) is -0.258. The number of urea groups is 1. The monoisotopic (exact) mass is 426 g/mol. The molecule has 2 aromatic rings. The maximum absolute atomic E-state index is 12.6. The van der Waals surface area contributed by atoms with Crippen molar-refractivity contribution in [2.75, 3.05) is 31.5 Å². The Labute approximate surface area is 180 Å². The smallest absolute Gasteiger partial charge is 0.321 e. The number of benzene rings is 2. The Hall–Kier alpha value is -3.06. The number of amides is 4. The van der Waals surface area contributed by atoms with Crippen LogP contribution >= 0.6 is 11.6 Å². The van der Waals surface area contributed by atoms with Gasteiger partial charge in [-0.2, -0.15) is 0 Å². The van der Waals surface area contributed by atoms with E-state index in [-0.39, 0.29) is 23.9 Å². The van der Waals surface area contributed by atoms with Crippen molar-refractivity contribution in [3.63, 3.8) is 0 Å². The molecule has 1 aliphatic heterocycles. The summed E-state index contributed by atoms with van der Waals surface area (Å²) in [7, 11) is 0. The Kier molecular flexibility index (Phi) is 5.90. The zero-order valence-electron chi connectivity index (χ0n) is 16.4. The Morgan fingerprint density at radius 2 is 1.57 bits per heavy atom. The number of rotatable bonds is 4. The zero-order valence-corrected chi connectivity index (χ0v) is 17.2. The minimum Gasteiger partial charge on any atom is -0.349 e. The fourth-order valence-electron chi connectivity index (χ4n) is 3.35. The second-order valence-electron chi connectivity index (χ2n) is 7.52. The molecule has 0 aromatic heterocycles. The molecule has 8 heteroatoms.